The van der Waals surface area contributed by atoms with Crippen molar-refractivity contribution in [3.05, 3.63) is 48.5 Å². The van der Waals surface area contributed by atoms with Crippen LogP contribution in [-0.2, 0) is 9.59 Å². The van der Waals surface area contributed by atoms with Gasteiger partial charge in [0.15, 0.2) is 5.17 Å². The van der Waals surface area contributed by atoms with Gasteiger partial charge in [0.2, 0.25) is 5.91 Å². The summed E-state index contributed by atoms with van der Waals surface area (Å²) in [4.78, 5) is 50.4. The molecule has 184 valence electrons. The van der Waals surface area contributed by atoms with Gasteiger partial charge in [-0.05, 0) is 50.3 Å². The molecule has 4 heterocycles. The van der Waals surface area contributed by atoms with Crippen molar-refractivity contribution in [2.24, 2.45) is 4.99 Å². The lowest BCUT2D eigenvalue weighted by Gasteiger charge is -2.32. The first kappa shape index (κ1) is 23.6. The molecule has 0 spiro atoms. The number of nitrogens with zero attached hydrogens (tertiary/aromatic N) is 5. The zero-order valence-electron chi connectivity index (χ0n) is 19.6. The molecule has 3 aliphatic rings. The Morgan fingerprint density at radius 1 is 1.09 bits per heavy atom. The molecule has 3 aliphatic heterocycles. The van der Waals surface area contributed by atoms with Crippen LogP contribution in [0.2, 0.25) is 0 Å². The van der Waals surface area contributed by atoms with Crippen molar-refractivity contribution in [2.75, 3.05) is 31.5 Å². The van der Waals surface area contributed by atoms with Crippen molar-refractivity contribution in [3.63, 3.8) is 0 Å². The highest BCUT2D eigenvalue weighted by molar-refractivity contribution is 8.15. The molecule has 1 aromatic carbocycles. The standard InChI is InChI=1S/C25H30N6O3S/c32-22(16-21-23(33)28-25(35-21)30-10-2-1-3-11-30)27-19-6-4-5-18(15-19)24(34)29-12-7-20(8-13-29)31-14-9-26-17-31/h4-6,9,14-15,17,20-21H,1-3,7-8,10-13,16H2,(H,27,32). The van der Waals surface area contributed by atoms with Crippen LogP contribution in [0.1, 0.15) is 54.9 Å². The van der Waals surface area contributed by atoms with E-state index in [9.17, 15) is 14.4 Å². The molecular weight excluding hydrogens is 464 g/mol. The quantitative estimate of drug-likeness (QED) is 0.685. The van der Waals surface area contributed by atoms with E-state index < -0.39 is 5.25 Å². The molecule has 0 aliphatic carbocycles. The van der Waals surface area contributed by atoms with E-state index >= 15 is 0 Å². The van der Waals surface area contributed by atoms with E-state index in [4.69, 9.17) is 0 Å². The fraction of sp³-hybridized carbons (Fsp3) is 0.480. The number of carbonyl (C=O) groups is 3. The molecule has 35 heavy (non-hydrogen) atoms. The molecule has 1 N–H and O–H groups in total. The Morgan fingerprint density at radius 2 is 1.89 bits per heavy atom. The van der Waals surface area contributed by atoms with Crippen LogP contribution in [0.25, 0.3) is 0 Å². The first-order valence-corrected chi connectivity index (χ1v) is 13.2. The maximum absolute atomic E-state index is 13.1. The summed E-state index contributed by atoms with van der Waals surface area (Å²) in [6.45, 7) is 3.19. The van der Waals surface area contributed by atoms with Crippen LogP contribution < -0.4 is 5.32 Å². The van der Waals surface area contributed by atoms with Crippen LogP contribution in [0.3, 0.4) is 0 Å². The first-order valence-electron chi connectivity index (χ1n) is 12.3. The fourth-order valence-corrected chi connectivity index (χ4v) is 5.99. The number of anilines is 1. The van der Waals surface area contributed by atoms with E-state index in [1.807, 2.05) is 17.4 Å². The van der Waals surface area contributed by atoms with E-state index in [1.54, 1.807) is 30.5 Å². The van der Waals surface area contributed by atoms with Crippen LogP contribution in [0, 0.1) is 0 Å². The molecule has 0 radical (unpaired) electrons. The summed E-state index contributed by atoms with van der Waals surface area (Å²) in [6, 6.07) is 7.38. The molecule has 1 unspecified atom stereocenters. The van der Waals surface area contributed by atoms with Crippen molar-refractivity contribution < 1.29 is 14.4 Å². The van der Waals surface area contributed by atoms with E-state index in [0.29, 0.717) is 30.4 Å². The SMILES string of the molecule is O=C(CC1SC(N2CCCCC2)=NC1=O)Nc1cccc(C(=O)N2CCC(n3ccnc3)CC2)c1. The minimum atomic E-state index is -0.492. The molecule has 5 rings (SSSR count). The van der Waals surface area contributed by atoms with E-state index in [-0.39, 0.29) is 24.1 Å². The average Bonchev–Trinajstić information content (AvgIpc) is 3.55. The summed E-state index contributed by atoms with van der Waals surface area (Å²) >= 11 is 1.39. The smallest absolute Gasteiger partial charge is 0.262 e. The molecular formula is C25H30N6O3S. The highest BCUT2D eigenvalue weighted by atomic mass is 32.2. The van der Waals surface area contributed by atoms with Gasteiger partial charge in [0.05, 0.1) is 6.33 Å². The summed E-state index contributed by atoms with van der Waals surface area (Å²) in [6.07, 6.45) is 10.8. The Kier molecular flexibility index (Phi) is 7.17. The number of carbonyl (C=O) groups excluding carboxylic acids is 3. The highest BCUT2D eigenvalue weighted by Gasteiger charge is 2.33. The Morgan fingerprint density at radius 3 is 2.63 bits per heavy atom. The Labute approximate surface area is 209 Å². The van der Waals surface area contributed by atoms with Gasteiger partial charge in [0.25, 0.3) is 11.8 Å². The van der Waals surface area contributed by atoms with Gasteiger partial charge in [-0.15, -0.1) is 0 Å². The summed E-state index contributed by atoms with van der Waals surface area (Å²) < 4.78 is 2.10. The minimum Gasteiger partial charge on any atom is -0.351 e. The predicted molar refractivity (Wildman–Crippen MR) is 135 cm³/mol. The second kappa shape index (κ2) is 10.6. The lowest BCUT2D eigenvalue weighted by Crippen LogP contribution is -2.38. The maximum Gasteiger partial charge on any atom is 0.262 e. The summed E-state index contributed by atoms with van der Waals surface area (Å²) in [5, 5.41) is 3.11. The zero-order chi connectivity index (χ0) is 24.2. The number of hydrogen-bond acceptors (Lipinski definition) is 6. The number of benzene rings is 1. The normalized spacial score (nSPS) is 21.2. The number of aromatic nitrogens is 2. The summed E-state index contributed by atoms with van der Waals surface area (Å²) in [5.41, 5.74) is 1.10. The highest BCUT2D eigenvalue weighted by Crippen LogP contribution is 2.29. The second-order valence-electron chi connectivity index (χ2n) is 9.25. The van der Waals surface area contributed by atoms with Gasteiger partial charge in [-0.25, -0.2) is 4.98 Å². The molecule has 1 aromatic heterocycles. The third-order valence-corrected chi connectivity index (χ3v) is 8.03. The molecule has 2 saturated heterocycles. The van der Waals surface area contributed by atoms with Crippen molar-refractivity contribution in [2.45, 2.75) is 49.8 Å². The summed E-state index contributed by atoms with van der Waals surface area (Å²) in [5.74, 6) is -0.531. The third kappa shape index (κ3) is 5.58. The molecule has 10 heteroatoms. The fourth-order valence-electron chi connectivity index (χ4n) is 4.88. The Hall–Kier alpha value is -3.14. The third-order valence-electron chi connectivity index (χ3n) is 6.82. The van der Waals surface area contributed by atoms with E-state index in [2.05, 4.69) is 24.8 Å². The van der Waals surface area contributed by atoms with Gasteiger partial charge in [0, 0.05) is 62.3 Å². The minimum absolute atomic E-state index is 0.0359. The largest absolute Gasteiger partial charge is 0.351 e. The zero-order valence-corrected chi connectivity index (χ0v) is 20.5. The van der Waals surface area contributed by atoms with Gasteiger partial charge >= 0.3 is 0 Å². The second-order valence-corrected chi connectivity index (χ2v) is 10.4. The monoisotopic (exact) mass is 494 g/mol. The van der Waals surface area contributed by atoms with Crippen molar-refractivity contribution in [1.29, 1.82) is 0 Å². The number of amidine groups is 1. The first-order chi connectivity index (χ1) is 17.1. The van der Waals surface area contributed by atoms with Crippen molar-refractivity contribution >= 4 is 40.3 Å². The molecule has 0 bridgehead atoms. The lowest BCUT2D eigenvalue weighted by molar-refractivity contribution is -0.121. The van der Waals surface area contributed by atoms with Crippen molar-refractivity contribution in [1.82, 2.24) is 19.4 Å². The number of hydrogen-bond donors (Lipinski definition) is 1. The molecule has 0 saturated carbocycles. The van der Waals surface area contributed by atoms with Crippen LogP contribution >= 0.6 is 11.8 Å². The molecule has 2 fully saturated rings. The maximum atomic E-state index is 13.1. The number of imidazole rings is 1. The van der Waals surface area contributed by atoms with Gasteiger partial charge in [-0.1, -0.05) is 17.8 Å². The van der Waals surface area contributed by atoms with Crippen LogP contribution in [-0.4, -0.2) is 73.7 Å². The topological polar surface area (TPSA) is 99.9 Å². The number of thioether (sulfide) groups is 1. The number of amides is 3. The number of likely N-dealkylation sites (tertiary alicyclic amines) is 2. The average molecular weight is 495 g/mol. The molecule has 3 amide bonds. The molecule has 2 aromatic rings. The Balaban J connectivity index is 1.13. The van der Waals surface area contributed by atoms with Gasteiger partial charge in [0.1, 0.15) is 5.25 Å². The van der Waals surface area contributed by atoms with Crippen LogP contribution in [0.5, 0.6) is 0 Å². The van der Waals surface area contributed by atoms with Gasteiger partial charge in [-0.2, -0.15) is 4.99 Å². The van der Waals surface area contributed by atoms with Crippen LogP contribution in [0.4, 0.5) is 5.69 Å². The van der Waals surface area contributed by atoms with Crippen molar-refractivity contribution in [3.8, 4) is 0 Å². The van der Waals surface area contributed by atoms with Crippen LogP contribution in [0.15, 0.2) is 48.0 Å². The number of rotatable bonds is 5. The molecule has 9 nitrogen and oxygen atoms in total. The predicted octanol–water partition coefficient (Wildman–Crippen LogP) is 3.17. The molecule has 1 atom stereocenters. The lowest BCUT2D eigenvalue weighted by atomic mass is 10.0. The Bertz CT molecular complexity index is 1100. The number of aliphatic imine (C=N–C) groups is 1. The number of piperidine rings is 2. The van der Waals surface area contributed by atoms with E-state index in [1.165, 1.54) is 18.2 Å². The summed E-state index contributed by atoms with van der Waals surface area (Å²) in [7, 11) is 0. The van der Waals surface area contributed by atoms with E-state index in [0.717, 1.165) is 43.9 Å². The number of nitrogens with one attached hydrogen (secondary N) is 1. The van der Waals surface area contributed by atoms with Gasteiger partial charge < -0.3 is 19.7 Å². The van der Waals surface area contributed by atoms with Gasteiger partial charge in [-0.3, -0.25) is 14.4 Å².